The van der Waals surface area contributed by atoms with E-state index in [9.17, 15) is 0 Å². The van der Waals surface area contributed by atoms with Crippen molar-refractivity contribution in [3.05, 3.63) is 103 Å². The van der Waals surface area contributed by atoms with Crippen LogP contribution in [0.5, 0.6) is 0 Å². The second kappa shape index (κ2) is 10.8. The smallest absolute Gasteiger partial charge is 0.228 e. The molecule has 0 amide bonds. The van der Waals surface area contributed by atoms with E-state index in [0.717, 1.165) is 78.2 Å². The standard InChI is InChI=1S/C34H32N10/c35-30-27(7-4-16-37-30)31-41-29-13-12-28(25-5-2-1-3-6-25)40-32(29)44(31)26-10-8-24(9-11-26)19-42-17-14-34(20-42)15-18-43(21-34)33-38-22-36-23-39-33/h1-13,16,22-23H,14-15,17-21H2,(H2,35,37). The lowest BCUT2D eigenvalue weighted by molar-refractivity contribution is 0.270. The molecule has 2 aliphatic rings. The molecule has 10 heteroatoms. The Kier molecular flexibility index (Phi) is 6.48. The predicted molar refractivity (Wildman–Crippen MR) is 171 cm³/mol. The van der Waals surface area contributed by atoms with Crippen molar-refractivity contribution in [1.29, 1.82) is 0 Å². The van der Waals surface area contributed by atoms with Gasteiger partial charge in [-0.1, -0.05) is 42.5 Å². The maximum atomic E-state index is 6.35. The summed E-state index contributed by atoms with van der Waals surface area (Å²) in [5.74, 6) is 1.95. The highest BCUT2D eigenvalue weighted by Gasteiger charge is 2.44. The number of nitrogens with zero attached hydrogens (tertiary/aromatic N) is 9. The monoisotopic (exact) mass is 580 g/mol. The zero-order chi connectivity index (χ0) is 29.5. The van der Waals surface area contributed by atoms with Gasteiger partial charge in [0, 0.05) is 49.0 Å². The summed E-state index contributed by atoms with van der Waals surface area (Å²) in [6.07, 6.45) is 7.22. The van der Waals surface area contributed by atoms with Gasteiger partial charge in [0.2, 0.25) is 5.95 Å². The minimum Gasteiger partial charge on any atom is -0.383 e. The molecule has 2 fully saturated rings. The van der Waals surface area contributed by atoms with Crippen LogP contribution in [0.25, 0.3) is 39.5 Å². The van der Waals surface area contributed by atoms with Crippen LogP contribution in [0.15, 0.2) is 97.7 Å². The molecule has 8 rings (SSSR count). The lowest BCUT2D eigenvalue weighted by atomic mass is 9.86. The Hall–Kier alpha value is -5.22. The van der Waals surface area contributed by atoms with Crippen LogP contribution in [0.2, 0.25) is 0 Å². The molecule has 2 aromatic carbocycles. The maximum Gasteiger partial charge on any atom is 0.228 e. The van der Waals surface area contributed by atoms with Crippen molar-refractivity contribution < 1.29 is 0 Å². The highest BCUT2D eigenvalue weighted by Crippen LogP contribution is 2.41. The Morgan fingerprint density at radius 1 is 0.773 bits per heavy atom. The normalized spacial score (nSPS) is 18.5. The lowest BCUT2D eigenvalue weighted by Crippen LogP contribution is -2.31. The molecular weight excluding hydrogens is 548 g/mol. The van der Waals surface area contributed by atoms with Gasteiger partial charge in [0.25, 0.3) is 0 Å². The molecule has 0 aliphatic carbocycles. The van der Waals surface area contributed by atoms with Crippen molar-refractivity contribution in [2.24, 2.45) is 5.41 Å². The molecule has 10 nitrogen and oxygen atoms in total. The van der Waals surface area contributed by atoms with Crippen molar-refractivity contribution in [2.75, 3.05) is 36.8 Å². The SMILES string of the molecule is Nc1ncccc1-c1nc2ccc(-c3ccccc3)nc2n1-c1ccc(CN2CCC3(CCN(c4ncncn4)C3)C2)cc1. The first-order valence-corrected chi connectivity index (χ1v) is 15.0. The van der Waals surface area contributed by atoms with Gasteiger partial charge in [-0.2, -0.15) is 0 Å². The molecular formula is C34H32N10. The van der Waals surface area contributed by atoms with Gasteiger partial charge in [-0.25, -0.2) is 29.9 Å². The van der Waals surface area contributed by atoms with Gasteiger partial charge >= 0.3 is 0 Å². The molecule has 0 bridgehead atoms. The molecule has 6 aromatic rings. The average molecular weight is 581 g/mol. The summed E-state index contributed by atoms with van der Waals surface area (Å²) in [6.45, 7) is 5.08. The molecule has 2 N–H and O–H groups in total. The van der Waals surface area contributed by atoms with E-state index >= 15 is 0 Å². The van der Waals surface area contributed by atoms with Gasteiger partial charge in [0.15, 0.2) is 11.5 Å². The highest BCUT2D eigenvalue weighted by atomic mass is 15.3. The summed E-state index contributed by atoms with van der Waals surface area (Å²) in [7, 11) is 0. The molecule has 1 spiro atoms. The van der Waals surface area contributed by atoms with Gasteiger partial charge in [0.1, 0.15) is 24.0 Å². The summed E-state index contributed by atoms with van der Waals surface area (Å²) in [6, 6.07) is 26.9. The molecule has 0 radical (unpaired) electrons. The summed E-state index contributed by atoms with van der Waals surface area (Å²) < 4.78 is 2.10. The molecule has 0 saturated carbocycles. The Morgan fingerprint density at radius 3 is 2.41 bits per heavy atom. The van der Waals surface area contributed by atoms with Crippen molar-refractivity contribution in [2.45, 2.75) is 19.4 Å². The summed E-state index contributed by atoms with van der Waals surface area (Å²) in [5.41, 5.74) is 13.2. The molecule has 44 heavy (non-hydrogen) atoms. The number of pyridine rings is 2. The summed E-state index contributed by atoms with van der Waals surface area (Å²) >= 11 is 0. The first kappa shape index (κ1) is 26.4. The van der Waals surface area contributed by atoms with Gasteiger partial charge in [-0.15, -0.1) is 0 Å². The topological polar surface area (TPSA) is 115 Å². The molecule has 1 atom stereocenters. The van der Waals surface area contributed by atoms with Crippen molar-refractivity contribution in [3.8, 4) is 28.3 Å². The number of fused-ring (bicyclic) bond motifs is 1. The quantitative estimate of drug-likeness (QED) is 0.290. The van der Waals surface area contributed by atoms with Crippen LogP contribution in [0.4, 0.5) is 11.8 Å². The third-order valence-corrected chi connectivity index (χ3v) is 8.97. The number of likely N-dealkylation sites (tertiary alicyclic amines) is 1. The fourth-order valence-electron chi connectivity index (χ4n) is 6.77. The third-order valence-electron chi connectivity index (χ3n) is 8.97. The number of nitrogens with two attached hydrogens (primary N) is 1. The average Bonchev–Trinajstić information content (AvgIpc) is 3.79. The number of rotatable bonds is 6. The number of aromatic nitrogens is 7. The fraction of sp³-hybridized carbons (Fsp3) is 0.235. The molecule has 1 unspecified atom stereocenters. The van der Waals surface area contributed by atoms with Gasteiger partial charge in [0.05, 0.1) is 11.3 Å². The first-order valence-electron chi connectivity index (χ1n) is 15.0. The van der Waals surface area contributed by atoms with Crippen molar-refractivity contribution >= 4 is 22.9 Å². The van der Waals surface area contributed by atoms with Crippen LogP contribution in [0, 0.1) is 5.41 Å². The summed E-state index contributed by atoms with van der Waals surface area (Å²) in [5, 5.41) is 0. The molecule has 2 saturated heterocycles. The van der Waals surface area contributed by atoms with Crippen LogP contribution >= 0.6 is 0 Å². The van der Waals surface area contributed by atoms with Crippen molar-refractivity contribution in [3.63, 3.8) is 0 Å². The number of hydrogen-bond acceptors (Lipinski definition) is 9. The Labute approximate surface area is 255 Å². The zero-order valence-electron chi connectivity index (χ0n) is 24.3. The number of imidazole rings is 1. The fourth-order valence-corrected chi connectivity index (χ4v) is 6.77. The van der Waals surface area contributed by atoms with E-state index in [1.54, 1.807) is 18.9 Å². The van der Waals surface area contributed by atoms with Crippen LogP contribution in [-0.4, -0.2) is 65.5 Å². The van der Waals surface area contributed by atoms with Crippen LogP contribution in [0.1, 0.15) is 18.4 Å². The number of anilines is 2. The second-order valence-electron chi connectivity index (χ2n) is 11.8. The minimum atomic E-state index is 0.295. The lowest BCUT2D eigenvalue weighted by Gasteiger charge is -2.24. The van der Waals surface area contributed by atoms with E-state index in [1.165, 1.54) is 18.4 Å². The zero-order valence-corrected chi connectivity index (χ0v) is 24.3. The number of nitrogen functional groups attached to an aromatic ring is 1. The summed E-state index contributed by atoms with van der Waals surface area (Å²) in [4.78, 5) is 32.0. The van der Waals surface area contributed by atoms with Crippen LogP contribution in [-0.2, 0) is 6.54 Å². The molecule has 4 aromatic heterocycles. The van der Waals surface area contributed by atoms with Gasteiger partial charge in [-0.3, -0.25) is 9.47 Å². The van der Waals surface area contributed by atoms with Crippen molar-refractivity contribution in [1.82, 2.24) is 39.4 Å². The Morgan fingerprint density at radius 2 is 1.59 bits per heavy atom. The van der Waals surface area contributed by atoms with Gasteiger partial charge in [-0.05, 0) is 61.3 Å². The second-order valence-corrected chi connectivity index (χ2v) is 11.8. The van der Waals surface area contributed by atoms with Crippen LogP contribution in [0.3, 0.4) is 0 Å². The largest absolute Gasteiger partial charge is 0.383 e. The van der Waals surface area contributed by atoms with E-state index in [4.69, 9.17) is 15.7 Å². The maximum absolute atomic E-state index is 6.35. The molecule has 2 aliphatic heterocycles. The first-order chi connectivity index (χ1) is 21.6. The Bertz CT molecular complexity index is 1920. The van der Waals surface area contributed by atoms with E-state index in [2.05, 4.69) is 70.7 Å². The van der Waals surface area contributed by atoms with E-state index in [1.807, 2.05) is 42.5 Å². The third kappa shape index (κ3) is 4.83. The van der Waals surface area contributed by atoms with E-state index in [0.29, 0.717) is 11.2 Å². The predicted octanol–water partition coefficient (Wildman–Crippen LogP) is 5.02. The van der Waals surface area contributed by atoms with Crippen LogP contribution < -0.4 is 10.6 Å². The number of hydrogen-bond donors (Lipinski definition) is 1. The number of benzene rings is 2. The minimum absolute atomic E-state index is 0.295. The highest BCUT2D eigenvalue weighted by molar-refractivity contribution is 5.84. The molecule has 6 heterocycles. The Balaban J connectivity index is 1.08. The molecule has 218 valence electrons. The van der Waals surface area contributed by atoms with Gasteiger partial charge < -0.3 is 10.6 Å². The van der Waals surface area contributed by atoms with E-state index in [-0.39, 0.29) is 0 Å². The van der Waals surface area contributed by atoms with E-state index < -0.39 is 0 Å².